The van der Waals surface area contributed by atoms with Gasteiger partial charge in [-0.2, -0.15) is 0 Å². The van der Waals surface area contributed by atoms with Gasteiger partial charge in [0, 0.05) is 11.3 Å². The van der Waals surface area contributed by atoms with Crippen molar-refractivity contribution in [1.82, 2.24) is 0 Å². The Morgan fingerprint density at radius 2 is 1.62 bits per heavy atom. The minimum Gasteiger partial charge on any atom is -0.507 e. The molecule has 1 saturated heterocycles. The van der Waals surface area contributed by atoms with E-state index in [0.717, 1.165) is 30.4 Å². The Balaban J connectivity index is 1.70. The Hall–Kier alpha value is -3.66. The Bertz CT molecular complexity index is 1240. The van der Waals surface area contributed by atoms with E-state index >= 15 is 0 Å². The van der Waals surface area contributed by atoms with Crippen LogP contribution in [0.2, 0.25) is 0 Å². The van der Waals surface area contributed by atoms with Crippen molar-refractivity contribution in [3.05, 3.63) is 106 Å². The predicted molar refractivity (Wildman–Crippen MR) is 125 cm³/mol. The molecular weight excluding hydrogens is 398 g/mol. The molecular formula is C28H25NO3. The van der Waals surface area contributed by atoms with Crippen molar-refractivity contribution in [3.63, 3.8) is 0 Å². The van der Waals surface area contributed by atoms with Crippen LogP contribution in [0.1, 0.15) is 46.7 Å². The maximum Gasteiger partial charge on any atom is 0.300 e. The van der Waals surface area contributed by atoms with E-state index in [9.17, 15) is 14.7 Å². The molecule has 0 bridgehead atoms. The molecule has 1 aliphatic carbocycles. The number of aliphatic hydroxyl groups excluding tert-OH is 1. The van der Waals surface area contributed by atoms with Crippen molar-refractivity contribution in [2.75, 3.05) is 4.90 Å². The van der Waals surface area contributed by atoms with Crippen molar-refractivity contribution < 1.29 is 14.7 Å². The molecule has 0 radical (unpaired) electrons. The lowest BCUT2D eigenvalue weighted by Gasteiger charge is -2.25. The number of anilines is 1. The molecule has 3 aromatic carbocycles. The van der Waals surface area contributed by atoms with Gasteiger partial charge >= 0.3 is 0 Å². The molecule has 0 aromatic heterocycles. The Morgan fingerprint density at radius 1 is 0.875 bits per heavy atom. The van der Waals surface area contributed by atoms with Crippen LogP contribution in [0.3, 0.4) is 0 Å². The van der Waals surface area contributed by atoms with Crippen LogP contribution in [-0.2, 0) is 22.4 Å². The standard InChI is InChI=1S/C28H25NO3/c1-18-8-7-11-21(16-18)25-24(27(31)28(32)29(25)23-12-3-2-4-13-23)26(30)22-15-14-19-9-5-6-10-20(19)17-22/h2-4,7-8,11-17,25,30H,5-6,9-10H2,1H3/b26-24-. The Morgan fingerprint density at radius 3 is 2.38 bits per heavy atom. The second kappa shape index (κ2) is 8.12. The maximum atomic E-state index is 13.3. The number of ketones is 1. The van der Waals surface area contributed by atoms with Gasteiger partial charge in [0.15, 0.2) is 0 Å². The van der Waals surface area contributed by atoms with E-state index in [1.54, 1.807) is 0 Å². The third kappa shape index (κ3) is 3.42. The molecule has 4 heteroatoms. The number of para-hydroxylation sites is 1. The number of carbonyl (C=O) groups excluding carboxylic acids is 2. The molecule has 1 heterocycles. The third-order valence-corrected chi connectivity index (χ3v) is 6.46. The summed E-state index contributed by atoms with van der Waals surface area (Å²) in [6.45, 7) is 1.97. The first-order valence-electron chi connectivity index (χ1n) is 11.1. The zero-order valence-electron chi connectivity index (χ0n) is 18.0. The van der Waals surface area contributed by atoms with Crippen LogP contribution in [0.15, 0.2) is 78.4 Å². The average molecular weight is 424 g/mol. The van der Waals surface area contributed by atoms with Crippen molar-refractivity contribution in [2.24, 2.45) is 0 Å². The quantitative estimate of drug-likeness (QED) is 0.344. The zero-order chi connectivity index (χ0) is 22.2. The number of fused-ring (bicyclic) bond motifs is 1. The van der Waals surface area contributed by atoms with E-state index in [1.165, 1.54) is 22.4 Å². The summed E-state index contributed by atoms with van der Waals surface area (Å²) in [5.74, 6) is -1.39. The number of aliphatic hydroxyl groups is 1. The minimum absolute atomic E-state index is 0.110. The first kappa shape index (κ1) is 20.3. The second-order valence-corrected chi connectivity index (χ2v) is 8.61. The van der Waals surface area contributed by atoms with Crippen LogP contribution in [0, 0.1) is 6.92 Å². The summed E-state index contributed by atoms with van der Waals surface area (Å²) in [6.07, 6.45) is 4.31. The van der Waals surface area contributed by atoms with E-state index in [4.69, 9.17) is 0 Å². The fraction of sp³-hybridized carbons (Fsp3) is 0.214. The van der Waals surface area contributed by atoms with E-state index < -0.39 is 17.7 Å². The predicted octanol–water partition coefficient (Wildman–Crippen LogP) is 5.50. The van der Waals surface area contributed by atoms with Gasteiger partial charge in [-0.05, 0) is 67.5 Å². The van der Waals surface area contributed by atoms with Crippen LogP contribution in [0.4, 0.5) is 5.69 Å². The second-order valence-electron chi connectivity index (χ2n) is 8.61. The molecule has 0 spiro atoms. The molecule has 1 N–H and O–H groups in total. The van der Waals surface area contributed by atoms with E-state index in [0.29, 0.717) is 11.3 Å². The van der Waals surface area contributed by atoms with Crippen LogP contribution < -0.4 is 4.90 Å². The largest absolute Gasteiger partial charge is 0.507 e. The van der Waals surface area contributed by atoms with E-state index in [2.05, 4.69) is 0 Å². The zero-order valence-corrected chi connectivity index (χ0v) is 18.0. The number of benzene rings is 3. The molecule has 5 rings (SSSR count). The van der Waals surface area contributed by atoms with Crippen molar-refractivity contribution >= 4 is 23.1 Å². The molecule has 3 aromatic rings. The number of hydrogen-bond acceptors (Lipinski definition) is 3. The SMILES string of the molecule is Cc1cccc(C2/C(=C(/O)c3ccc4c(c3)CCCC4)C(=O)C(=O)N2c2ccccc2)c1. The normalized spacial score (nSPS) is 19.8. The molecule has 2 aliphatic rings. The summed E-state index contributed by atoms with van der Waals surface area (Å²) in [5, 5.41) is 11.4. The highest BCUT2D eigenvalue weighted by Crippen LogP contribution is 2.42. The summed E-state index contributed by atoms with van der Waals surface area (Å²) in [7, 11) is 0. The summed E-state index contributed by atoms with van der Waals surface area (Å²) in [5.41, 5.74) is 5.69. The molecule has 0 saturated carbocycles. The number of hydrogen-bond donors (Lipinski definition) is 1. The molecule has 1 atom stereocenters. The highest BCUT2D eigenvalue weighted by atomic mass is 16.3. The van der Waals surface area contributed by atoms with E-state index in [-0.39, 0.29) is 11.3 Å². The molecule has 1 amide bonds. The third-order valence-electron chi connectivity index (χ3n) is 6.46. The van der Waals surface area contributed by atoms with Gasteiger partial charge in [0.2, 0.25) is 0 Å². The lowest BCUT2D eigenvalue weighted by atomic mass is 9.88. The fourth-order valence-corrected chi connectivity index (χ4v) is 4.88. The van der Waals surface area contributed by atoms with Crippen molar-refractivity contribution in [3.8, 4) is 0 Å². The molecule has 1 aliphatic heterocycles. The lowest BCUT2D eigenvalue weighted by Crippen LogP contribution is -2.29. The fourth-order valence-electron chi connectivity index (χ4n) is 4.88. The van der Waals surface area contributed by atoms with Crippen LogP contribution in [0.25, 0.3) is 5.76 Å². The smallest absolute Gasteiger partial charge is 0.300 e. The van der Waals surface area contributed by atoms with Crippen LogP contribution >= 0.6 is 0 Å². The van der Waals surface area contributed by atoms with Gasteiger partial charge in [0.25, 0.3) is 11.7 Å². The lowest BCUT2D eigenvalue weighted by molar-refractivity contribution is -0.132. The average Bonchev–Trinajstić information content (AvgIpc) is 3.09. The Labute approximate surface area is 187 Å². The van der Waals surface area contributed by atoms with Gasteiger partial charge in [-0.25, -0.2) is 0 Å². The Kier molecular flexibility index (Phi) is 5.14. The molecule has 1 unspecified atom stereocenters. The monoisotopic (exact) mass is 423 g/mol. The molecule has 32 heavy (non-hydrogen) atoms. The minimum atomic E-state index is -0.687. The maximum absolute atomic E-state index is 13.3. The van der Waals surface area contributed by atoms with Crippen molar-refractivity contribution in [2.45, 2.75) is 38.6 Å². The number of rotatable bonds is 3. The topological polar surface area (TPSA) is 57.6 Å². The highest BCUT2D eigenvalue weighted by Gasteiger charge is 2.47. The number of nitrogens with zero attached hydrogens (tertiary/aromatic N) is 1. The van der Waals surface area contributed by atoms with Gasteiger partial charge in [0.05, 0.1) is 11.6 Å². The highest BCUT2D eigenvalue weighted by molar-refractivity contribution is 6.51. The van der Waals surface area contributed by atoms with Crippen LogP contribution in [0.5, 0.6) is 0 Å². The van der Waals surface area contributed by atoms with Gasteiger partial charge < -0.3 is 5.11 Å². The van der Waals surface area contributed by atoms with Crippen LogP contribution in [-0.4, -0.2) is 16.8 Å². The van der Waals surface area contributed by atoms with Gasteiger partial charge in [-0.15, -0.1) is 0 Å². The number of amides is 1. The van der Waals surface area contributed by atoms with Gasteiger partial charge in [-0.1, -0.05) is 60.2 Å². The van der Waals surface area contributed by atoms with Gasteiger partial charge in [0.1, 0.15) is 5.76 Å². The molecule has 4 nitrogen and oxygen atoms in total. The van der Waals surface area contributed by atoms with Gasteiger partial charge in [-0.3, -0.25) is 14.5 Å². The number of carbonyl (C=O) groups is 2. The summed E-state index contributed by atoms with van der Waals surface area (Å²) in [4.78, 5) is 27.9. The summed E-state index contributed by atoms with van der Waals surface area (Å²) >= 11 is 0. The molecule has 160 valence electrons. The van der Waals surface area contributed by atoms with Crippen molar-refractivity contribution in [1.29, 1.82) is 0 Å². The van der Waals surface area contributed by atoms with E-state index in [1.807, 2.05) is 79.7 Å². The summed E-state index contributed by atoms with van der Waals surface area (Å²) < 4.78 is 0. The first-order chi connectivity index (χ1) is 15.5. The number of Topliss-reactive ketones (excluding diaryl/α,β-unsaturated/α-hetero) is 1. The first-order valence-corrected chi connectivity index (χ1v) is 11.1. The number of aryl methyl sites for hydroxylation is 3. The molecule has 1 fully saturated rings. The summed E-state index contributed by atoms with van der Waals surface area (Å²) in [6, 6.07) is 22.1.